The normalized spacial score (nSPS) is 16.1. The van der Waals surface area contributed by atoms with Crippen LogP contribution in [0.2, 0.25) is 0 Å². The zero-order chi connectivity index (χ0) is 32.8. The molecule has 2 heterocycles. The van der Waals surface area contributed by atoms with Gasteiger partial charge in [0, 0.05) is 22.5 Å². The Morgan fingerprint density at radius 1 is 0.420 bits per heavy atom. The molecule has 2 heteroatoms. The number of hydrogen-bond donors (Lipinski definition) is 0. The molecule has 0 amide bonds. The molecular formula is C48H31NO. The van der Waals surface area contributed by atoms with Crippen molar-refractivity contribution in [3.63, 3.8) is 0 Å². The van der Waals surface area contributed by atoms with Gasteiger partial charge >= 0.3 is 0 Å². The third kappa shape index (κ3) is 3.96. The highest BCUT2D eigenvalue weighted by molar-refractivity contribution is 6.27. The molecule has 11 rings (SSSR count). The number of nitrogens with zero attached hydrogens (tertiary/aromatic N) is 1. The monoisotopic (exact) mass is 637 g/mol. The molecule has 9 aromatic rings. The van der Waals surface area contributed by atoms with Gasteiger partial charge in [0.05, 0.1) is 0 Å². The van der Waals surface area contributed by atoms with Crippen molar-refractivity contribution < 1.29 is 4.74 Å². The Balaban J connectivity index is 1.08. The molecule has 234 valence electrons. The van der Waals surface area contributed by atoms with Crippen LogP contribution >= 0.6 is 0 Å². The molecule has 0 bridgehead atoms. The van der Waals surface area contributed by atoms with Gasteiger partial charge in [-0.2, -0.15) is 0 Å². The van der Waals surface area contributed by atoms with E-state index in [-0.39, 0.29) is 12.1 Å². The van der Waals surface area contributed by atoms with Gasteiger partial charge in [-0.15, -0.1) is 0 Å². The van der Waals surface area contributed by atoms with Crippen molar-refractivity contribution in [2.75, 3.05) is 4.90 Å². The molecule has 0 N–H and O–H groups in total. The molecule has 0 fully saturated rings. The largest absolute Gasteiger partial charge is 0.483 e. The van der Waals surface area contributed by atoms with Crippen molar-refractivity contribution in [1.29, 1.82) is 0 Å². The molecule has 0 saturated carbocycles. The summed E-state index contributed by atoms with van der Waals surface area (Å²) < 4.78 is 6.74. The molecule has 2 atom stereocenters. The molecule has 0 radical (unpaired) electrons. The van der Waals surface area contributed by atoms with Gasteiger partial charge in [0.15, 0.2) is 6.10 Å². The first-order valence-corrected chi connectivity index (χ1v) is 17.4. The summed E-state index contributed by atoms with van der Waals surface area (Å²) in [6.07, 6.45) is -0.0805. The minimum Gasteiger partial charge on any atom is -0.483 e. The third-order valence-electron chi connectivity index (χ3n) is 10.9. The van der Waals surface area contributed by atoms with Crippen molar-refractivity contribution in [3.8, 4) is 39.1 Å². The Morgan fingerprint density at radius 3 is 1.78 bits per heavy atom. The quantitative estimate of drug-likeness (QED) is 0.178. The average Bonchev–Trinajstić information content (AvgIpc) is 3.72. The number of rotatable bonds is 4. The zero-order valence-electron chi connectivity index (χ0n) is 27.3. The first-order valence-electron chi connectivity index (χ1n) is 17.4. The lowest BCUT2D eigenvalue weighted by Crippen LogP contribution is -2.20. The van der Waals surface area contributed by atoms with Crippen molar-refractivity contribution >= 4 is 43.7 Å². The highest BCUT2D eigenvalue weighted by Gasteiger charge is 2.47. The topological polar surface area (TPSA) is 12.5 Å². The fraction of sp³-hybridized carbons (Fsp3) is 0.0417. The van der Waals surface area contributed by atoms with E-state index in [9.17, 15) is 0 Å². The summed E-state index contributed by atoms with van der Waals surface area (Å²) in [7, 11) is 0. The summed E-state index contributed by atoms with van der Waals surface area (Å²) in [5.41, 5.74) is 12.2. The Labute approximate surface area is 290 Å². The van der Waals surface area contributed by atoms with Crippen molar-refractivity contribution in [2.24, 2.45) is 0 Å². The fourth-order valence-electron chi connectivity index (χ4n) is 8.71. The van der Waals surface area contributed by atoms with Gasteiger partial charge in [0.2, 0.25) is 0 Å². The van der Waals surface area contributed by atoms with Crippen LogP contribution in [-0.4, -0.2) is 0 Å². The number of benzene rings is 9. The van der Waals surface area contributed by atoms with Gasteiger partial charge in [0.1, 0.15) is 11.8 Å². The van der Waals surface area contributed by atoms with E-state index in [1.807, 2.05) is 0 Å². The average molecular weight is 638 g/mol. The van der Waals surface area contributed by atoms with E-state index in [1.54, 1.807) is 0 Å². The van der Waals surface area contributed by atoms with Gasteiger partial charge < -0.3 is 9.64 Å². The second-order valence-electron chi connectivity index (χ2n) is 13.6. The van der Waals surface area contributed by atoms with Gasteiger partial charge in [-0.3, -0.25) is 0 Å². The van der Waals surface area contributed by atoms with E-state index < -0.39 is 0 Å². The molecule has 0 saturated heterocycles. The molecule has 0 aliphatic carbocycles. The highest BCUT2D eigenvalue weighted by Crippen LogP contribution is 2.59. The van der Waals surface area contributed by atoms with Crippen molar-refractivity contribution in [2.45, 2.75) is 12.1 Å². The van der Waals surface area contributed by atoms with Crippen LogP contribution in [0.1, 0.15) is 23.3 Å². The van der Waals surface area contributed by atoms with Crippen molar-refractivity contribution in [1.82, 2.24) is 0 Å². The lowest BCUT2D eigenvalue weighted by molar-refractivity contribution is 0.223. The van der Waals surface area contributed by atoms with Crippen LogP contribution < -0.4 is 9.64 Å². The van der Waals surface area contributed by atoms with Crippen LogP contribution in [0, 0.1) is 0 Å². The summed E-state index contributed by atoms with van der Waals surface area (Å²) in [5, 5.41) is 7.80. The predicted molar refractivity (Wildman–Crippen MR) is 208 cm³/mol. The standard InChI is InChI=1S/C48H31NO/c1-3-10-30(11-4-1)34-22-27-43-42(29-34)48-47(41-16-7-8-17-44(41)50-48)49(43)36-15-9-14-35(28-36)38-24-19-33-20-25-39-37(31-12-5-2-6-13-31)23-18-32-21-26-40(38)46(33)45(32)39/h1-29,47-48H. The number of anilines is 2. The first kappa shape index (κ1) is 27.6. The first-order chi connectivity index (χ1) is 24.8. The maximum Gasteiger partial charge on any atom is 0.151 e. The highest BCUT2D eigenvalue weighted by atomic mass is 16.5. The molecule has 2 unspecified atom stereocenters. The molecule has 2 aliphatic rings. The lowest BCUT2D eigenvalue weighted by atomic mass is 9.87. The van der Waals surface area contributed by atoms with Crippen LogP contribution in [0.5, 0.6) is 5.75 Å². The zero-order valence-corrected chi connectivity index (χ0v) is 27.3. The second-order valence-corrected chi connectivity index (χ2v) is 13.6. The van der Waals surface area contributed by atoms with E-state index in [1.165, 1.54) is 88.2 Å². The molecule has 50 heavy (non-hydrogen) atoms. The summed E-state index contributed by atoms with van der Waals surface area (Å²) in [5.74, 6) is 0.973. The molecule has 0 spiro atoms. The van der Waals surface area contributed by atoms with E-state index in [0.717, 1.165) is 5.75 Å². The molecule has 2 aliphatic heterocycles. The van der Waals surface area contributed by atoms with Crippen LogP contribution in [0.25, 0.3) is 65.7 Å². The van der Waals surface area contributed by atoms with Crippen LogP contribution in [0.4, 0.5) is 11.4 Å². The van der Waals surface area contributed by atoms with E-state index >= 15 is 0 Å². The third-order valence-corrected chi connectivity index (χ3v) is 10.9. The Kier molecular flexibility index (Phi) is 5.82. The smallest absolute Gasteiger partial charge is 0.151 e. The Morgan fingerprint density at radius 2 is 1.04 bits per heavy atom. The van der Waals surface area contributed by atoms with Gasteiger partial charge in [-0.05, 0) is 96.0 Å². The summed E-state index contributed by atoms with van der Waals surface area (Å²) in [6.45, 7) is 0. The van der Waals surface area contributed by atoms with Gasteiger partial charge in [-0.25, -0.2) is 0 Å². The number of para-hydroxylation sites is 1. The molecule has 9 aromatic carbocycles. The maximum atomic E-state index is 6.74. The number of hydrogen-bond acceptors (Lipinski definition) is 2. The molecule has 0 aromatic heterocycles. The predicted octanol–water partition coefficient (Wildman–Crippen LogP) is 12.9. The number of ether oxygens (including phenoxy) is 1. The number of fused-ring (bicyclic) bond motifs is 5. The minimum atomic E-state index is -0.0805. The maximum absolute atomic E-state index is 6.74. The van der Waals surface area contributed by atoms with Gasteiger partial charge in [-0.1, -0.05) is 146 Å². The van der Waals surface area contributed by atoms with Crippen LogP contribution in [-0.2, 0) is 0 Å². The Bertz CT molecular complexity index is 2750. The fourth-order valence-corrected chi connectivity index (χ4v) is 8.71. The molecular weight excluding hydrogens is 607 g/mol. The van der Waals surface area contributed by atoms with E-state index in [0.29, 0.717) is 0 Å². The van der Waals surface area contributed by atoms with Crippen LogP contribution in [0.3, 0.4) is 0 Å². The van der Waals surface area contributed by atoms with E-state index in [2.05, 4.69) is 181 Å². The summed E-state index contributed by atoms with van der Waals surface area (Å²) in [4.78, 5) is 2.51. The van der Waals surface area contributed by atoms with Crippen LogP contribution in [0.15, 0.2) is 176 Å². The summed E-state index contributed by atoms with van der Waals surface area (Å²) >= 11 is 0. The molecule has 2 nitrogen and oxygen atoms in total. The second kappa shape index (κ2) is 10.6. The minimum absolute atomic E-state index is 0.0558. The SMILES string of the molecule is c1ccc(-c2ccc3c(c2)C2Oc4ccccc4C2N3c2cccc(-c3ccc4ccc5c(-c6ccccc6)ccc6ccc3c4c65)c2)cc1. The van der Waals surface area contributed by atoms with E-state index in [4.69, 9.17) is 4.74 Å². The van der Waals surface area contributed by atoms with Crippen molar-refractivity contribution in [3.05, 3.63) is 187 Å². The summed E-state index contributed by atoms with van der Waals surface area (Å²) in [6, 6.07) is 64.3. The van der Waals surface area contributed by atoms with Gasteiger partial charge in [0.25, 0.3) is 0 Å². The lowest BCUT2D eigenvalue weighted by Gasteiger charge is -2.27. The Hall–Kier alpha value is -6.38.